The normalized spacial score (nSPS) is 12.6. The fraction of sp³-hybridized carbons (Fsp3) is 0. The molecule has 0 spiro atoms. The smallest absolute Gasteiger partial charge is 0.147 e. The third kappa shape index (κ3) is 2.14. The highest BCUT2D eigenvalue weighted by Crippen LogP contribution is 2.45. The molecule has 0 fully saturated rings. The molecule has 0 bridgehead atoms. The summed E-state index contributed by atoms with van der Waals surface area (Å²) in [5, 5.41) is 8.45. The van der Waals surface area contributed by atoms with E-state index in [4.69, 9.17) is 9.40 Å². The maximum Gasteiger partial charge on any atom is 0.147 e. The van der Waals surface area contributed by atoms with Gasteiger partial charge in [0.1, 0.15) is 16.8 Å². The van der Waals surface area contributed by atoms with Crippen LogP contribution in [-0.4, -0.2) is 9.38 Å². The Labute approximate surface area is 202 Å². The number of rotatable bonds is 0. The van der Waals surface area contributed by atoms with Crippen molar-refractivity contribution in [2.75, 3.05) is 0 Å². The zero-order chi connectivity index (χ0) is 22.7. The van der Waals surface area contributed by atoms with Gasteiger partial charge in [-0.25, -0.2) is 4.98 Å². The summed E-state index contributed by atoms with van der Waals surface area (Å²) in [6, 6.07) is 34.4. The number of fused-ring (bicyclic) bond motifs is 16. The highest BCUT2D eigenvalue weighted by Gasteiger charge is 2.21. The zero-order valence-corrected chi connectivity index (χ0v) is 19.3. The van der Waals surface area contributed by atoms with E-state index in [9.17, 15) is 0 Å². The highest BCUT2D eigenvalue weighted by molar-refractivity contribution is 7.26. The molecule has 35 heavy (non-hydrogen) atoms. The van der Waals surface area contributed by atoms with Crippen LogP contribution in [0.2, 0.25) is 0 Å². The molecule has 5 aromatic carbocycles. The first-order chi connectivity index (χ1) is 17.4. The summed E-state index contributed by atoms with van der Waals surface area (Å²) < 4.78 is 11.3. The van der Waals surface area contributed by atoms with Crippen LogP contribution in [0.25, 0.3) is 80.5 Å². The van der Waals surface area contributed by atoms with E-state index in [-0.39, 0.29) is 0 Å². The van der Waals surface area contributed by atoms with Crippen LogP contribution in [0.15, 0.2) is 101 Å². The fourth-order valence-corrected chi connectivity index (χ4v) is 7.05. The lowest BCUT2D eigenvalue weighted by atomic mass is 9.99. The number of furan rings is 1. The van der Waals surface area contributed by atoms with Crippen LogP contribution >= 0.6 is 11.3 Å². The quantitative estimate of drug-likeness (QED) is 0.210. The predicted octanol–water partition coefficient (Wildman–Crippen LogP) is 9.06. The topological polar surface area (TPSA) is 30.4 Å². The van der Waals surface area contributed by atoms with Crippen molar-refractivity contribution in [3.05, 3.63) is 97.1 Å². The van der Waals surface area contributed by atoms with Crippen LogP contribution in [0.5, 0.6) is 0 Å². The molecule has 3 nitrogen and oxygen atoms in total. The minimum absolute atomic E-state index is 0.897. The van der Waals surface area contributed by atoms with Gasteiger partial charge in [0.25, 0.3) is 0 Å². The molecule has 9 aromatic rings. The van der Waals surface area contributed by atoms with E-state index in [0.717, 1.165) is 44.0 Å². The van der Waals surface area contributed by atoms with Crippen LogP contribution in [0, 0.1) is 0 Å². The largest absolute Gasteiger partial charge is 0.456 e. The fourth-order valence-electron chi connectivity index (χ4n) is 5.94. The minimum atomic E-state index is 0.897. The van der Waals surface area contributed by atoms with Gasteiger partial charge in [-0.3, -0.25) is 4.40 Å². The Kier molecular flexibility index (Phi) is 3.17. The van der Waals surface area contributed by atoms with E-state index in [0.29, 0.717) is 0 Å². The molecule has 4 heteroatoms. The van der Waals surface area contributed by atoms with Gasteiger partial charge in [0, 0.05) is 41.7 Å². The molecular formula is C31H16N2OS. The summed E-state index contributed by atoms with van der Waals surface area (Å²) in [6.07, 6.45) is 0. The van der Waals surface area contributed by atoms with Crippen LogP contribution in [-0.2, 0) is 0 Å². The summed E-state index contributed by atoms with van der Waals surface area (Å²) in [5.74, 6) is 0. The SMILES string of the molecule is c1ccc2c(c1)nc1c3c(ccc4oc5ccccc5c43)c3ccc4sc5ccccc5c4c3n21. The molecule has 0 saturated heterocycles. The Morgan fingerprint density at radius 1 is 0.571 bits per heavy atom. The van der Waals surface area contributed by atoms with E-state index in [1.807, 2.05) is 23.5 Å². The number of hydrogen-bond donors (Lipinski definition) is 0. The Balaban J connectivity index is 1.70. The third-order valence-corrected chi connectivity index (χ3v) is 8.49. The van der Waals surface area contributed by atoms with E-state index >= 15 is 0 Å². The van der Waals surface area contributed by atoms with Gasteiger partial charge in [0.15, 0.2) is 0 Å². The van der Waals surface area contributed by atoms with E-state index in [2.05, 4.69) is 89.3 Å². The van der Waals surface area contributed by atoms with E-state index in [1.54, 1.807) is 0 Å². The van der Waals surface area contributed by atoms with Crippen molar-refractivity contribution in [3.8, 4) is 0 Å². The van der Waals surface area contributed by atoms with Crippen molar-refractivity contribution in [1.29, 1.82) is 0 Å². The lowest BCUT2D eigenvalue weighted by Crippen LogP contribution is -1.93. The molecule has 162 valence electrons. The van der Waals surface area contributed by atoms with Crippen LogP contribution < -0.4 is 0 Å². The summed E-state index contributed by atoms with van der Waals surface area (Å²) in [5.41, 5.74) is 6.14. The first kappa shape index (κ1) is 18.0. The molecule has 9 rings (SSSR count). The maximum absolute atomic E-state index is 6.28. The average molecular weight is 465 g/mol. The lowest BCUT2D eigenvalue weighted by Gasteiger charge is -2.11. The molecule has 0 saturated carbocycles. The van der Waals surface area contributed by atoms with Gasteiger partial charge in [-0.1, -0.05) is 54.6 Å². The Morgan fingerprint density at radius 3 is 2.34 bits per heavy atom. The molecular weight excluding hydrogens is 448 g/mol. The highest BCUT2D eigenvalue weighted by atomic mass is 32.1. The van der Waals surface area contributed by atoms with Crippen molar-refractivity contribution >= 4 is 91.8 Å². The summed E-state index contributed by atoms with van der Waals surface area (Å²) >= 11 is 1.86. The molecule has 0 radical (unpaired) electrons. The van der Waals surface area contributed by atoms with Crippen molar-refractivity contribution in [2.45, 2.75) is 0 Å². The maximum atomic E-state index is 6.28. The molecule has 0 unspecified atom stereocenters. The number of pyridine rings is 1. The average Bonchev–Trinajstić information content (AvgIpc) is 3.59. The Bertz CT molecular complexity index is 2330. The number of thiophene rings is 1. The van der Waals surface area contributed by atoms with Crippen molar-refractivity contribution in [2.24, 2.45) is 0 Å². The molecule has 4 heterocycles. The third-order valence-electron chi connectivity index (χ3n) is 7.36. The molecule has 4 aromatic heterocycles. The van der Waals surface area contributed by atoms with Gasteiger partial charge in [0.2, 0.25) is 0 Å². The van der Waals surface area contributed by atoms with E-state index in [1.165, 1.54) is 36.5 Å². The van der Waals surface area contributed by atoms with Gasteiger partial charge in [-0.05, 0) is 47.9 Å². The van der Waals surface area contributed by atoms with Crippen molar-refractivity contribution < 1.29 is 4.42 Å². The summed E-state index contributed by atoms with van der Waals surface area (Å²) in [4.78, 5) is 5.23. The Morgan fingerprint density at radius 2 is 1.37 bits per heavy atom. The lowest BCUT2D eigenvalue weighted by molar-refractivity contribution is 0.669. The number of hydrogen-bond acceptors (Lipinski definition) is 3. The second kappa shape index (κ2) is 6.17. The molecule has 0 aliphatic rings. The van der Waals surface area contributed by atoms with Crippen molar-refractivity contribution in [1.82, 2.24) is 9.38 Å². The second-order valence-corrected chi connectivity index (χ2v) is 10.2. The predicted molar refractivity (Wildman–Crippen MR) is 148 cm³/mol. The van der Waals surface area contributed by atoms with Gasteiger partial charge >= 0.3 is 0 Å². The number of nitrogens with zero attached hydrogens (tertiary/aromatic N) is 2. The van der Waals surface area contributed by atoms with E-state index < -0.39 is 0 Å². The standard InChI is InChI=1S/C31H16N2OS/c1-5-11-23-19(7-1)27-24(34-23)15-13-17-18-14-16-26-28(20-8-2-6-12-25(20)35-26)30(18)33-22-10-4-3-9-21(22)32-31(33)29(17)27/h1-16H. The second-order valence-electron chi connectivity index (χ2n) is 9.15. The number of benzene rings is 5. The summed E-state index contributed by atoms with van der Waals surface area (Å²) in [6.45, 7) is 0. The molecule has 0 aliphatic carbocycles. The van der Waals surface area contributed by atoms with Gasteiger partial charge < -0.3 is 4.42 Å². The van der Waals surface area contributed by atoms with Gasteiger partial charge in [-0.2, -0.15) is 0 Å². The molecule has 0 N–H and O–H groups in total. The summed E-state index contributed by atoms with van der Waals surface area (Å²) in [7, 11) is 0. The van der Waals surface area contributed by atoms with Crippen LogP contribution in [0.1, 0.15) is 0 Å². The number of para-hydroxylation sites is 3. The van der Waals surface area contributed by atoms with Crippen LogP contribution in [0.3, 0.4) is 0 Å². The molecule has 0 amide bonds. The first-order valence-corrected chi connectivity index (χ1v) is 12.6. The number of aromatic nitrogens is 2. The first-order valence-electron chi connectivity index (χ1n) is 11.7. The van der Waals surface area contributed by atoms with Crippen LogP contribution in [0.4, 0.5) is 0 Å². The van der Waals surface area contributed by atoms with Gasteiger partial charge in [-0.15, -0.1) is 11.3 Å². The number of imidazole rings is 1. The molecule has 0 aliphatic heterocycles. The molecule has 0 atom stereocenters. The minimum Gasteiger partial charge on any atom is -0.456 e. The van der Waals surface area contributed by atoms with Crippen molar-refractivity contribution in [3.63, 3.8) is 0 Å². The Hall–Kier alpha value is -4.41. The zero-order valence-electron chi connectivity index (χ0n) is 18.4. The van der Waals surface area contributed by atoms with Gasteiger partial charge in [0.05, 0.1) is 16.6 Å². The monoisotopic (exact) mass is 464 g/mol.